The van der Waals surface area contributed by atoms with E-state index in [1.165, 1.54) is 6.33 Å². The molecule has 2 heterocycles. The zero-order valence-corrected chi connectivity index (χ0v) is 10.5. The molecule has 1 saturated heterocycles. The van der Waals surface area contributed by atoms with Crippen molar-refractivity contribution in [2.24, 2.45) is 0 Å². The Bertz CT molecular complexity index is 424. The Morgan fingerprint density at radius 3 is 3.06 bits per heavy atom. The van der Waals surface area contributed by atoms with E-state index in [9.17, 15) is 4.79 Å². The van der Waals surface area contributed by atoms with Crippen LogP contribution in [0.1, 0.15) is 18.9 Å². The Morgan fingerprint density at radius 2 is 2.29 bits per heavy atom. The van der Waals surface area contributed by atoms with Gasteiger partial charge in [0.1, 0.15) is 17.3 Å². The first-order valence-corrected chi connectivity index (χ1v) is 6.11. The SMILES string of the molecule is CCc1c(Cl)ncnc1N1CCNC(=O)CC1. The first-order chi connectivity index (χ1) is 8.22. The van der Waals surface area contributed by atoms with Gasteiger partial charge in [-0.1, -0.05) is 18.5 Å². The van der Waals surface area contributed by atoms with Gasteiger partial charge in [0.05, 0.1) is 0 Å². The Balaban J connectivity index is 2.26. The van der Waals surface area contributed by atoms with E-state index in [2.05, 4.69) is 20.2 Å². The van der Waals surface area contributed by atoms with E-state index < -0.39 is 0 Å². The minimum atomic E-state index is 0.0886. The molecule has 0 atom stereocenters. The number of aromatic nitrogens is 2. The van der Waals surface area contributed by atoms with Crippen molar-refractivity contribution in [3.8, 4) is 0 Å². The number of rotatable bonds is 2. The number of nitrogens with zero attached hydrogens (tertiary/aromatic N) is 3. The first-order valence-electron chi connectivity index (χ1n) is 5.73. The lowest BCUT2D eigenvalue weighted by Crippen LogP contribution is -2.30. The van der Waals surface area contributed by atoms with Crippen molar-refractivity contribution in [3.63, 3.8) is 0 Å². The summed E-state index contributed by atoms with van der Waals surface area (Å²) >= 11 is 6.06. The van der Waals surface area contributed by atoms with Gasteiger partial charge < -0.3 is 10.2 Å². The molecule has 0 unspecified atom stereocenters. The highest BCUT2D eigenvalue weighted by molar-refractivity contribution is 6.30. The molecular weight excluding hydrogens is 240 g/mol. The van der Waals surface area contributed by atoms with Crippen LogP contribution < -0.4 is 10.2 Å². The maximum atomic E-state index is 11.3. The molecule has 5 nitrogen and oxygen atoms in total. The molecule has 1 fully saturated rings. The summed E-state index contributed by atoms with van der Waals surface area (Å²) in [6.07, 6.45) is 2.74. The fraction of sp³-hybridized carbons (Fsp3) is 0.545. The zero-order valence-electron chi connectivity index (χ0n) is 9.74. The molecule has 0 radical (unpaired) electrons. The summed E-state index contributed by atoms with van der Waals surface area (Å²) in [6, 6.07) is 0. The lowest BCUT2D eigenvalue weighted by Gasteiger charge is -2.23. The molecule has 1 aromatic heterocycles. The van der Waals surface area contributed by atoms with Gasteiger partial charge >= 0.3 is 0 Å². The second-order valence-corrected chi connectivity index (χ2v) is 4.27. The summed E-state index contributed by atoms with van der Waals surface area (Å²) in [5, 5.41) is 3.34. The molecule has 1 amide bonds. The van der Waals surface area contributed by atoms with Crippen LogP contribution in [-0.2, 0) is 11.2 Å². The molecule has 0 aliphatic carbocycles. The zero-order chi connectivity index (χ0) is 12.3. The van der Waals surface area contributed by atoms with Crippen LogP contribution in [0.15, 0.2) is 6.33 Å². The van der Waals surface area contributed by atoms with Crippen LogP contribution in [0.2, 0.25) is 5.15 Å². The van der Waals surface area contributed by atoms with Gasteiger partial charge in [0, 0.05) is 31.6 Å². The molecule has 17 heavy (non-hydrogen) atoms. The number of hydrogen-bond acceptors (Lipinski definition) is 4. The second-order valence-electron chi connectivity index (χ2n) is 3.91. The smallest absolute Gasteiger partial charge is 0.221 e. The van der Waals surface area contributed by atoms with Gasteiger partial charge in [-0.05, 0) is 6.42 Å². The van der Waals surface area contributed by atoms with Crippen molar-refractivity contribution in [2.45, 2.75) is 19.8 Å². The van der Waals surface area contributed by atoms with Crippen LogP contribution in [0.4, 0.5) is 5.82 Å². The average Bonchev–Trinajstić information content (AvgIpc) is 2.54. The Hall–Kier alpha value is -1.36. The van der Waals surface area contributed by atoms with Crippen molar-refractivity contribution in [1.82, 2.24) is 15.3 Å². The van der Waals surface area contributed by atoms with Gasteiger partial charge in [0.15, 0.2) is 0 Å². The Labute approximate surface area is 105 Å². The van der Waals surface area contributed by atoms with Gasteiger partial charge in [0.2, 0.25) is 5.91 Å². The number of nitrogens with one attached hydrogen (secondary N) is 1. The normalized spacial score (nSPS) is 16.6. The number of amides is 1. The molecule has 6 heteroatoms. The summed E-state index contributed by atoms with van der Waals surface area (Å²) in [5.41, 5.74) is 0.948. The minimum Gasteiger partial charge on any atom is -0.354 e. The van der Waals surface area contributed by atoms with Crippen LogP contribution in [0.25, 0.3) is 0 Å². The van der Waals surface area contributed by atoms with E-state index in [0.717, 1.165) is 24.3 Å². The largest absolute Gasteiger partial charge is 0.354 e. The predicted molar refractivity (Wildman–Crippen MR) is 66.3 cm³/mol. The third-order valence-electron chi connectivity index (χ3n) is 2.84. The van der Waals surface area contributed by atoms with E-state index in [4.69, 9.17) is 11.6 Å². The molecule has 0 aromatic carbocycles. The van der Waals surface area contributed by atoms with Crippen molar-refractivity contribution in [1.29, 1.82) is 0 Å². The van der Waals surface area contributed by atoms with Crippen molar-refractivity contribution in [2.75, 3.05) is 24.5 Å². The monoisotopic (exact) mass is 254 g/mol. The number of carbonyl (C=O) groups is 1. The number of anilines is 1. The number of halogens is 1. The fourth-order valence-electron chi connectivity index (χ4n) is 1.94. The molecule has 0 bridgehead atoms. The summed E-state index contributed by atoms with van der Waals surface area (Å²) in [6.45, 7) is 4.09. The summed E-state index contributed by atoms with van der Waals surface area (Å²) in [5.74, 6) is 0.940. The first kappa shape index (κ1) is 12.1. The van der Waals surface area contributed by atoms with Crippen molar-refractivity contribution in [3.05, 3.63) is 17.0 Å². The van der Waals surface area contributed by atoms with Crippen molar-refractivity contribution >= 4 is 23.3 Å². The lowest BCUT2D eigenvalue weighted by molar-refractivity contribution is -0.120. The molecule has 1 aliphatic heterocycles. The third kappa shape index (κ3) is 2.66. The molecule has 1 aromatic rings. The Kier molecular flexibility index (Phi) is 3.78. The van der Waals surface area contributed by atoms with E-state index >= 15 is 0 Å². The van der Waals surface area contributed by atoms with Crippen LogP contribution in [-0.4, -0.2) is 35.5 Å². The molecule has 0 spiro atoms. The van der Waals surface area contributed by atoms with Crippen LogP contribution in [0.5, 0.6) is 0 Å². The maximum absolute atomic E-state index is 11.3. The van der Waals surface area contributed by atoms with E-state index in [1.807, 2.05) is 6.92 Å². The third-order valence-corrected chi connectivity index (χ3v) is 3.16. The topological polar surface area (TPSA) is 58.1 Å². The van der Waals surface area contributed by atoms with Gasteiger partial charge in [-0.25, -0.2) is 9.97 Å². The van der Waals surface area contributed by atoms with E-state index in [0.29, 0.717) is 24.7 Å². The predicted octanol–water partition coefficient (Wildman–Crippen LogP) is 1.02. The summed E-state index contributed by atoms with van der Waals surface area (Å²) in [4.78, 5) is 21.7. The number of hydrogen-bond donors (Lipinski definition) is 1. The standard InChI is InChI=1S/C11H15ClN4O/c1-2-8-10(12)14-7-15-11(8)16-5-3-9(17)13-4-6-16/h7H,2-6H2,1H3,(H,13,17). The summed E-state index contributed by atoms with van der Waals surface area (Å²) in [7, 11) is 0. The fourth-order valence-corrected chi connectivity index (χ4v) is 2.20. The molecular formula is C11H15ClN4O. The van der Waals surface area contributed by atoms with Crippen LogP contribution >= 0.6 is 11.6 Å². The lowest BCUT2D eigenvalue weighted by atomic mass is 10.2. The average molecular weight is 255 g/mol. The highest BCUT2D eigenvalue weighted by Gasteiger charge is 2.18. The van der Waals surface area contributed by atoms with Gasteiger partial charge in [0.25, 0.3) is 0 Å². The minimum absolute atomic E-state index is 0.0886. The molecule has 1 N–H and O–H groups in total. The van der Waals surface area contributed by atoms with Gasteiger partial charge in [-0.3, -0.25) is 4.79 Å². The van der Waals surface area contributed by atoms with E-state index in [1.54, 1.807) is 0 Å². The maximum Gasteiger partial charge on any atom is 0.221 e. The quantitative estimate of drug-likeness (QED) is 0.801. The van der Waals surface area contributed by atoms with Crippen molar-refractivity contribution < 1.29 is 4.79 Å². The second kappa shape index (κ2) is 5.31. The molecule has 92 valence electrons. The van der Waals surface area contributed by atoms with Crippen LogP contribution in [0.3, 0.4) is 0 Å². The van der Waals surface area contributed by atoms with E-state index in [-0.39, 0.29) is 5.91 Å². The highest BCUT2D eigenvalue weighted by Crippen LogP contribution is 2.24. The number of carbonyl (C=O) groups excluding carboxylic acids is 1. The summed E-state index contributed by atoms with van der Waals surface area (Å²) < 4.78 is 0. The van der Waals surface area contributed by atoms with Gasteiger partial charge in [-0.15, -0.1) is 0 Å². The highest BCUT2D eigenvalue weighted by atomic mass is 35.5. The van der Waals surface area contributed by atoms with Crippen LogP contribution in [0, 0.1) is 0 Å². The molecule has 2 rings (SSSR count). The van der Waals surface area contributed by atoms with Gasteiger partial charge in [-0.2, -0.15) is 0 Å². The molecule has 0 saturated carbocycles. The Morgan fingerprint density at radius 1 is 1.47 bits per heavy atom. The molecule has 1 aliphatic rings.